The van der Waals surface area contributed by atoms with Gasteiger partial charge in [-0.25, -0.2) is 0 Å². The van der Waals surface area contributed by atoms with E-state index in [2.05, 4.69) is 11.4 Å². The van der Waals surface area contributed by atoms with Gasteiger partial charge >= 0.3 is 0 Å². The van der Waals surface area contributed by atoms with Crippen LogP contribution in [0.2, 0.25) is 0 Å². The van der Waals surface area contributed by atoms with Crippen LogP contribution in [0.25, 0.3) is 0 Å². The molecule has 1 saturated carbocycles. The van der Waals surface area contributed by atoms with Crippen molar-refractivity contribution in [1.82, 2.24) is 5.32 Å². The zero-order valence-electron chi connectivity index (χ0n) is 10.4. The summed E-state index contributed by atoms with van der Waals surface area (Å²) < 4.78 is 10.9. The lowest BCUT2D eigenvalue weighted by atomic mass is 10.1. The van der Waals surface area contributed by atoms with Crippen molar-refractivity contribution < 1.29 is 14.3 Å². The molecule has 5 nitrogen and oxygen atoms in total. The van der Waals surface area contributed by atoms with Gasteiger partial charge in [-0.2, -0.15) is 5.26 Å². The Labute approximate surface area is 111 Å². The summed E-state index contributed by atoms with van der Waals surface area (Å²) in [6, 6.07) is 7.67. The highest BCUT2D eigenvalue weighted by molar-refractivity contribution is 5.88. The maximum Gasteiger partial charge on any atom is 0.240 e. The molecule has 0 saturated heterocycles. The summed E-state index contributed by atoms with van der Waals surface area (Å²) >= 11 is 0. The van der Waals surface area contributed by atoms with Crippen LogP contribution in [0, 0.1) is 16.7 Å². The number of nitrogens with zero attached hydrogens (tertiary/aromatic N) is 1. The first-order valence-electron chi connectivity index (χ1n) is 6.32. The number of hydrogen-bond acceptors (Lipinski definition) is 4. The van der Waals surface area contributed by atoms with Gasteiger partial charge in [-0.1, -0.05) is 6.07 Å². The second-order valence-electron chi connectivity index (χ2n) is 4.85. The van der Waals surface area contributed by atoms with E-state index < -0.39 is 5.41 Å². The van der Waals surface area contributed by atoms with Crippen molar-refractivity contribution >= 4 is 5.91 Å². The van der Waals surface area contributed by atoms with Crippen LogP contribution in [0.1, 0.15) is 18.4 Å². The van der Waals surface area contributed by atoms with Gasteiger partial charge in [0.25, 0.3) is 0 Å². The molecule has 3 rings (SSSR count). The second kappa shape index (κ2) is 4.47. The SMILES string of the molecule is N#CC1(C(=O)NCc2ccc3c(c2)OCCO3)CC1. The fraction of sp³-hybridized carbons (Fsp3) is 0.429. The predicted octanol–water partition coefficient (Wildman–Crippen LogP) is 1.38. The molecule has 1 N–H and O–H groups in total. The van der Waals surface area contributed by atoms with Crippen LogP contribution in [0.15, 0.2) is 18.2 Å². The van der Waals surface area contributed by atoms with Crippen LogP contribution in [-0.4, -0.2) is 19.1 Å². The Bertz CT molecular complexity index is 558. The van der Waals surface area contributed by atoms with Gasteiger partial charge in [0.15, 0.2) is 11.5 Å². The average molecular weight is 258 g/mol. The van der Waals surface area contributed by atoms with Crippen molar-refractivity contribution in [3.05, 3.63) is 23.8 Å². The zero-order chi connectivity index (χ0) is 13.3. The van der Waals surface area contributed by atoms with Gasteiger partial charge < -0.3 is 14.8 Å². The van der Waals surface area contributed by atoms with Gasteiger partial charge in [0.2, 0.25) is 5.91 Å². The molecule has 1 aromatic carbocycles. The van der Waals surface area contributed by atoms with Crippen molar-refractivity contribution in [1.29, 1.82) is 5.26 Å². The van der Waals surface area contributed by atoms with E-state index in [1.54, 1.807) is 0 Å². The van der Waals surface area contributed by atoms with E-state index >= 15 is 0 Å². The number of nitrogens with one attached hydrogen (secondary N) is 1. The molecule has 1 fully saturated rings. The Morgan fingerprint density at radius 3 is 2.74 bits per heavy atom. The van der Waals surface area contributed by atoms with Gasteiger partial charge in [0.05, 0.1) is 6.07 Å². The number of benzene rings is 1. The van der Waals surface area contributed by atoms with E-state index in [4.69, 9.17) is 14.7 Å². The first-order valence-corrected chi connectivity index (χ1v) is 6.32. The molecular formula is C14H14N2O3. The Morgan fingerprint density at radius 1 is 1.32 bits per heavy atom. The van der Waals surface area contributed by atoms with Crippen molar-refractivity contribution in [2.24, 2.45) is 5.41 Å². The fourth-order valence-electron chi connectivity index (χ4n) is 2.06. The van der Waals surface area contributed by atoms with Crippen LogP contribution in [0.3, 0.4) is 0 Å². The summed E-state index contributed by atoms with van der Waals surface area (Å²) in [5, 5.41) is 11.7. The van der Waals surface area contributed by atoms with Crippen molar-refractivity contribution in [2.75, 3.05) is 13.2 Å². The summed E-state index contributed by atoms with van der Waals surface area (Å²) in [4.78, 5) is 11.8. The summed E-state index contributed by atoms with van der Waals surface area (Å²) in [5.74, 6) is 1.27. The number of rotatable bonds is 3. The number of fused-ring (bicyclic) bond motifs is 1. The number of ether oxygens (including phenoxy) is 2. The number of nitriles is 1. The lowest BCUT2D eigenvalue weighted by Crippen LogP contribution is -2.30. The third-order valence-electron chi connectivity index (χ3n) is 3.46. The summed E-state index contributed by atoms with van der Waals surface area (Å²) in [6.45, 7) is 1.51. The number of amides is 1. The molecule has 1 aromatic rings. The molecule has 1 aliphatic heterocycles. The van der Waals surface area contributed by atoms with E-state index in [0.29, 0.717) is 38.3 Å². The van der Waals surface area contributed by atoms with Crippen LogP contribution < -0.4 is 14.8 Å². The Kier molecular flexibility index (Phi) is 2.79. The summed E-state index contributed by atoms with van der Waals surface area (Å²) in [5.41, 5.74) is 0.166. The van der Waals surface area contributed by atoms with Crippen molar-refractivity contribution in [2.45, 2.75) is 19.4 Å². The minimum Gasteiger partial charge on any atom is -0.486 e. The minimum absolute atomic E-state index is 0.176. The normalized spacial score (nSPS) is 18.3. The van der Waals surface area contributed by atoms with Gasteiger partial charge in [-0.05, 0) is 30.5 Å². The predicted molar refractivity (Wildman–Crippen MR) is 66.6 cm³/mol. The lowest BCUT2D eigenvalue weighted by molar-refractivity contribution is -0.124. The monoisotopic (exact) mass is 258 g/mol. The quantitative estimate of drug-likeness (QED) is 0.889. The van der Waals surface area contributed by atoms with Gasteiger partial charge in [0, 0.05) is 6.54 Å². The number of carbonyl (C=O) groups is 1. The van der Waals surface area contributed by atoms with Crippen molar-refractivity contribution in [3.8, 4) is 17.6 Å². The first-order chi connectivity index (χ1) is 9.23. The van der Waals surface area contributed by atoms with Gasteiger partial charge in [-0.15, -0.1) is 0 Å². The highest BCUT2D eigenvalue weighted by Crippen LogP contribution is 2.45. The molecule has 0 spiro atoms. The van der Waals surface area contributed by atoms with E-state index in [-0.39, 0.29) is 5.91 Å². The number of hydrogen-bond donors (Lipinski definition) is 1. The molecule has 5 heteroatoms. The van der Waals surface area contributed by atoms with E-state index in [1.807, 2.05) is 18.2 Å². The smallest absolute Gasteiger partial charge is 0.240 e. The lowest BCUT2D eigenvalue weighted by Gasteiger charge is -2.19. The van der Waals surface area contributed by atoms with Crippen LogP contribution in [0.5, 0.6) is 11.5 Å². The maximum absolute atomic E-state index is 11.8. The van der Waals surface area contributed by atoms with Crippen molar-refractivity contribution in [3.63, 3.8) is 0 Å². The molecule has 0 aromatic heterocycles. The zero-order valence-corrected chi connectivity index (χ0v) is 10.4. The highest BCUT2D eigenvalue weighted by atomic mass is 16.6. The minimum atomic E-state index is -0.770. The molecule has 2 aliphatic rings. The van der Waals surface area contributed by atoms with E-state index in [9.17, 15) is 4.79 Å². The molecular weight excluding hydrogens is 244 g/mol. The Hall–Kier alpha value is -2.22. The van der Waals surface area contributed by atoms with Gasteiger partial charge in [-0.3, -0.25) is 4.79 Å². The van der Waals surface area contributed by atoms with Crippen LogP contribution in [0.4, 0.5) is 0 Å². The number of carbonyl (C=O) groups excluding carboxylic acids is 1. The molecule has 1 aliphatic carbocycles. The molecule has 98 valence electrons. The summed E-state index contributed by atoms with van der Waals surface area (Å²) in [6.07, 6.45) is 1.33. The first kappa shape index (κ1) is 11.8. The molecule has 0 atom stereocenters. The topological polar surface area (TPSA) is 71.4 Å². The van der Waals surface area contributed by atoms with Crippen LogP contribution >= 0.6 is 0 Å². The van der Waals surface area contributed by atoms with Gasteiger partial charge in [0.1, 0.15) is 18.6 Å². The maximum atomic E-state index is 11.8. The fourth-order valence-corrected chi connectivity index (χ4v) is 2.06. The molecule has 19 heavy (non-hydrogen) atoms. The van der Waals surface area contributed by atoms with E-state index in [1.165, 1.54) is 0 Å². The molecule has 0 bridgehead atoms. The largest absolute Gasteiger partial charge is 0.486 e. The van der Waals surface area contributed by atoms with Crippen LogP contribution in [-0.2, 0) is 11.3 Å². The Morgan fingerprint density at radius 2 is 2.05 bits per heavy atom. The third kappa shape index (κ3) is 2.22. The van der Waals surface area contributed by atoms with E-state index in [0.717, 1.165) is 11.3 Å². The second-order valence-corrected chi connectivity index (χ2v) is 4.85. The molecule has 0 radical (unpaired) electrons. The Balaban J connectivity index is 1.64. The average Bonchev–Trinajstić information content (AvgIpc) is 3.25. The molecule has 1 amide bonds. The molecule has 0 unspecified atom stereocenters. The standard InChI is InChI=1S/C14H14N2O3/c15-9-14(3-4-14)13(17)16-8-10-1-2-11-12(7-10)19-6-5-18-11/h1-2,7H,3-6,8H2,(H,16,17). The molecule has 1 heterocycles. The third-order valence-corrected chi connectivity index (χ3v) is 3.46. The summed E-state index contributed by atoms with van der Waals surface area (Å²) in [7, 11) is 0. The highest BCUT2D eigenvalue weighted by Gasteiger charge is 2.50.